The summed E-state index contributed by atoms with van der Waals surface area (Å²) in [6.07, 6.45) is 4.51. The topological polar surface area (TPSA) is 110 Å². The lowest BCUT2D eigenvalue weighted by molar-refractivity contribution is -0.384. The third-order valence-corrected chi connectivity index (χ3v) is 5.78. The molecule has 1 N–H and O–H groups in total. The number of nitro groups is 1. The minimum Gasteiger partial charge on any atom is -0.339 e. The smallest absolute Gasteiger partial charge is 0.269 e. The minimum atomic E-state index is -0.463. The quantitative estimate of drug-likeness (QED) is 0.341. The van der Waals surface area contributed by atoms with Crippen molar-refractivity contribution in [2.45, 2.75) is 19.8 Å². The van der Waals surface area contributed by atoms with Crippen molar-refractivity contribution in [3.63, 3.8) is 0 Å². The molecule has 2 aromatic carbocycles. The Morgan fingerprint density at radius 1 is 1.09 bits per heavy atom. The second-order valence-electron chi connectivity index (χ2n) is 8.19. The second-order valence-corrected chi connectivity index (χ2v) is 8.19. The number of nitrogens with one attached hydrogen (secondary N) is 1. The number of hydrogen-bond acceptors (Lipinski definition) is 5. The van der Waals surface area contributed by atoms with Gasteiger partial charge in [-0.1, -0.05) is 30.3 Å². The van der Waals surface area contributed by atoms with Gasteiger partial charge in [0.2, 0.25) is 11.8 Å². The molecule has 9 heteroatoms. The van der Waals surface area contributed by atoms with Crippen LogP contribution in [0.25, 0.3) is 11.8 Å². The summed E-state index contributed by atoms with van der Waals surface area (Å²) in [5.74, 6) is 0.0906. The molecule has 0 aliphatic carbocycles. The maximum absolute atomic E-state index is 12.9. The molecule has 174 valence electrons. The number of nitrogens with zero attached hydrogens (tertiary/aromatic N) is 4. The molecule has 0 atom stereocenters. The Labute approximate surface area is 196 Å². The third-order valence-electron chi connectivity index (χ3n) is 5.78. The van der Waals surface area contributed by atoms with Crippen molar-refractivity contribution < 1.29 is 14.5 Å². The Balaban J connectivity index is 1.36. The molecule has 2 heterocycles. The maximum atomic E-state index is 12.9. The number of anilines is 1. The van der Waals surface area contributed by atoms with Gasteiger partial charge in [0.25, 0.3) is 5.69 Å². The van der Waals surface area contributed by atoms with Gasteiger partial charge in [0.1, 0.15) is 5.82 Å². The van der Waals surface area contributed by atoms with Crippen molar-refractivity contribution in [3.8, 4) is 5.69 Å². The summed E-state index contributed by atoms with van der Waals surface area (Å²) in [7, 11) is 0. The molecule has 34 heavy (non-hydrogen) atoms. The molecule has 4 rings (SSSR count). The molecule has 1 aromatic heterocycles. The average molecular weight is 460 g/mol. The first-order chi connectivity index (χ1) is 16.4. The van der Waals surface area contributed by atoms with Gasteiger partial charge >= 0.3 is 0 Å². The van der Waals surface area contributed by atoms with E-state index in [4.69, 9.17) is 0 Å². The van der Waals surface area contributed by atoms with Crippen molar-refractivity contribution in [3.05, 3.63) is 88.1 Å². The van der Waals surface area contributed by atoms with Gasteiger partial charge in [-0.2, -0.15) is 5.10 Å². The maximum Gasteiger partial charge on any atom is 0.269 e. The zero-order valence-electron chi connectivity index (χ0n) is 18.8. The first-order valence-corrected chi connectivity index (χ1v) is 11.0. The number of carbonyl (C=O) groups is 2. The number of benzene rings is 2. The minimum absolute atomic E-state index is 0.0156. The van der Waals surface area contributed by atoms with E-state index in [1.165, 1.54) is 12.1 Å². The van der Waals surface area contributed by atoms with Gasteiger partial charge in [0, 0.05) is 43.3 Å². The standard InChI is InChI=1S/C25H25N5O4/c1-18-17-23(29(27-18)21-8-10-22(11-9-21)30(33)34)26-25(32)20-13-15-28(16-14-20)24(31)12-7-19-5-3-2-4-6-19/h2-12,17,20H,13-16H2,1H3,(H,26,32)/b12-7+. The van der Waals surface area contributed by atoms with Crippen LogP contribution in [-0.2, 0) is 9.59 Å². The summed E-state index contributed by atoms with van der Waals surface area (Å²) in [5.41, 5.74) is 2.27. The van der Waals surface area contributed by atoms with E-state index in [-0.39, 0.29) is 23.4 Å². The van der Waals surface area contributed by atoms with Crippen LogP contribution in [0.2, 0.25) is 0 Å². The Bertz CT molecular complexity index is 1210. The lowest BCUT2D eigenvalue weighted by Crippen LogP contribution is -2.40. The van der Waals surface area contributed by atoms with Crippen molar-refractivity contribution in [1.82, 2.24) is 14.7 Å². The molecule has 0 radical (unpaired) electrons. The van der Waals surface area contributed by atoms with E-state index < -0.39 is 4.92 Å². The number of amides is 2. The number of piperidine rings is 1. The molecule has 1 fully saturated rings. The normalized spacial score (nSPS) is 14.3. The van der Waals surface area contributed by atoms with E-state index in [0.717, 1.165) is 5.56 Å². The number of non-ortho nitro benzene ring substituents is 1. The van der Waals surface area contributed by atoms with Crippen LogP contribution in [0.15, 0.2) is 66.7 Å². The number of aromatic nitrogens is 2. The number of carbonyl (C=O) groups excluding carboxylic acids is 2. The molecule has 1 saturated heterocycles. The highest BCUT2D eigenvalue weighted by atomic mass is 16.6. The molecule has 3 aromatic rings. The highest BCUT2D eigenvalue weighted by Gasteiger charge is 2.27. The van der Waals surface area contributed by atoms with Crippen LogP contribution in [0, 0.1) is 23.0 Å². The van der Waals surface area contributed by atoms with E-state index in [0.29, 0.717) is 43.1 Å². The Hall–Kier alpha value is -4.27. The fraction of sp³-hybridized carbons (Fsp3) is 0.240. The lowest BCUT2D eigenvalue weighted by atomic mass is 9.96. The van der Waals surface area contributed by atoms with Crippen molar-refractivity contribution in [1.29, 1.82) is 0 Å². The highest BCUT2D eigenvalue weighted by molar-refractivity contribution is 5.93. The lowest BCUT2D eigenvalue weighted by Gasteiger charge is -2.30. The molecule has 1 aliphatic rings. The fourth-order valence-electron chi connectivity index (χ4n) is 3.93. The molecule has 2 amide bonds. The van der Waals surface area contributed by atoms with Crippen LogP contribution in [-0.4, -0.2) is 44.5 Å². The van der Waals surface area contributed by atoms with E-state index in [2.05, 4.69) is 10.4 Å². The molecule has 9 nitrogen and oxygen atoms in total. The van der Waals surface area contributed by atoms with E-state index in [1.807, 2.05) is 37.3 Å². The third kappa shape index (κ3) is 5.37. The van der Waals surface area contributed by atoms with Crippen LogP contribution >= 0.6 is 0 Å². The fourth-order valence-corrected chi connectivity index (χ4v) is 3.93. The zero-order valence-corrected chi connectivity index (χ0v) is 18.8. The van der Waals surface area contributed by atoms with Gasteiger partial charge < -0.3 is 10.2 Å². The van der Waals surface area contributed by atoms with Crippen LogP contribution in [0.4, 0.5) is 11.5 Å². The van der Waals surface area contributed by atoms with Crippen molar-refractivity contribution in [2.24, 2.45) is 5.92 Å². The summed E-state index contributed by atoms with van der Waals surface area (Å²) in [6.45, 7) is 2.83. The second kappa shape index (κ2) is 10.1. The monoisotopic (exact) mass is 459 g/mol. The summed E-state index contributed by atoms with van der Waals surface area (Å²) >= 11 is 0. The van der Waals surface area contributed by atoms with Gasteiger partial charge in [0.05, 0.1) is 16.3 Å². The molecule has 0 bridgehead atoms. The number of aryl methyl sites for hydroxylation is 1. The Kier molecular flexibility index (Phi) is 6.82. The van der Waals surface area contributed by atoms with Gasteiger partial charge in [-0.05, 0) is 43.5 Å². The highest BCUT2D eigenvalue weighted by Crippen LogP contribution is 2.23. The van der Waals surface area contributed by atoms with Crippen LogP contribution in [0.1, 0.15) is 24.1 Å². The van der Waals surface area contributed by atoms with E-state index in [9.17, 15) is 19.7 Å². The summed E-state index contributed by atoms with van der Waals surface area (Å²) in [4.78, 5) is 37.6. The SMILES string of the molecule is Cc1cc(NC(=O)C2CCN(C(=O)/C=C/c3ccccc3)CC2)n(-c2ccc([N+](=O)[O-])cc2)n1. The first kappa shape index (κ1) is 22.9. The molecule has 0 unspecified atom stereocenters. The summed E-state index contributed by atoms with van der Waals surface area (Å²) in [6, 6.07) is 17.4. The molecular weight excluding hydrogens is 434 g/mol. The van der Waals surface area contributed by atoms with Crippen molar-refractivity contribution in [2.75, 3.05) is 18.4 Å². The van der Waals surface area contributed by atoms with Gasteiger partial charge in [-0.15, -0.1) is 0 Å². The molecule has 0 spiro atoms. The van der Waals surface area contributed by atoms with E-state index >= 15 is 0 Å². The zero-order chi connectivity index (χ0) is 24.1. The Morgan fingerprint density at radius 3 is 2.41 bits per heavy atom. The summed E-state index contributed by atoms with van der Waals surface area (Å²) < 4.78 is 1.56. The predicted octanol–water partition coefficient (Wildman–Crippen LogP) is 3.98. The van der Waals surface area contributed by atoms with Crippen molar-refractivity contribution >= 4 is 29.4 Å². The van der Waals surface area contributed by atoms with Gasteiger partial charge in [-0.25, -0.2) is 4.68 Å². The number of likely N-dealkylation sites (tertiary alicyclic amines) is 1. The van der Waals surface area contributed by atoms with Crippen LogP contribution < -0.4 is 5.32 Å². The van der Waals surface area contributed by atoms with Crippen LogP contribution in [0.5, 0.6) is 0 Å². The molecule has 1 aliphatic heterocycles. The first-order valence-electron chi connectivity index (χ1n) is 11.0. The molecular formula is C25H25N5O4. The largest absolute Gasteiger partial charge is 0.339 e. The number of hydrogen-bond donors (Lipinski definition) is 1. The van der Waals surface area contributed by atoms with Gasteiger partial charge in [-0.3, -0.25) is 19.7 Å². The van der Waals surface area contributed by atoms with Crippen LogP contribution in [0.3, 0.4) is 0 Å². The average Bonchev–Trinajstić information content (AvgIpc) is 3.23. The van der Waals surface area contributed by atoms with E-state index in [1.54, 1.807) is 39.9 Å². The van der Waals surface area contributed by atoms with Gasteiger partial charge in [0.15, 0.2) is 0 Å². The predicted molar refractivity (Wildman–Crippen MR) is 128 cm³/mol. The summed E-state index contributed by atoms with van der Waals surface area (Å²) in [5, 5.41) is 18.2. The number of rotatable bonds is 6. The Morgan fingerprint density at radius 2 is 1.76 bits per heavy atom. The molecule has 0 saturated carbocycles. The number of nitro benzene ring substituents is 1.